The van der Waals surface area contributed by atoms with Crippen LogP contribution in [0.25, 0.3) is 0 Å². The van der Waals surface area contributed by atoms with Crippen LogP contribution in [0.5, 0.6) is 0 Å². The first-order valence-electron chi connectivity index (χ1n) is 4.92. The lowest BCUT2D eigenvalue weighted by Gasteiger charge is -2.10. The minimum atomic E-state index is -0.580. The summed E-state index contributed by atoms with van der Waals surface area (Å²) in [6.07, 6.45) is 0. The van der Waals surface area contributed by atoms with E-state index in [1.54, 1.807) is 11.8 Å². The van der Waals surface area contributed by atoms with Gasteiger partial charge < -0.3 is 15.4 Å². The third-order valence-corrected chi connectivity index (χ3v) is 2.11. The van der Waals surface area contributed by atoms with Crippen molar-refractivity contribution in [2.75, 3.05) is 27.7 Å². The molecule has 1 aromatic rings. The number of nitrogens with two attached hydrogens (primary N) is 1. The van der Waals surface area contributed by atoms with Gasteiger partial charge in [0.25, 0.3) is 5.91 Å². The molecule has 1 heterocycles. The number of methoxy groups -OCH3 is 1. The summed E-state index contributed by atoms with van der Waals surface area (Å²) in [4.78, 5) is 13.1. The lowest BCUT2D eigenvalue weighted by molar-refractivity contribution is 0.0989. The monoisotopic (exact) mass is 227 g/mol. The first-order valence-corrected chi connectivity index (χ1v) is 4.92. The van der Waals surface area contributed by atoms with Gasteiger partial charge in [0, 0.05) is 13.7 Å². The summed E-state index contributed by atoms with van der Waals surface area (Å²) in [5, 5.41) is 7.64. The predicted molar refractivity (Wildman–Crippen MR) is 57.8 cm³/mol. The Bertz CT molecular complexity index is 361. The Kier molecular flexibility index (Phi) is 4.39. The van der Waals surface area contributed by atoms with Crippen molar-refractivity contribution in [1.82, 2.24) is 19.9 Å². The van der Waals surface area contributed by atoms with Crippen LogP contribution in [0.4, 0.5) is 0 Å². The number of carbonyl (C=O) groups is 1. The standard InChI is InChI=1S/C9H17N5O2/c1-13(2)4-5-14-7(6-16-3)8(9(10)15)11-12-14/h4-6H2,1-3H3,(H2,10,15). The summed E-state index contributed by atoms with van der Waals surface area (Å²) in [6.45, 7) is 1.73. The second kappa shape index (κ2) is 5.57. The molecule has 0 spiro atoms. The average Bonchev–Trinajstić information content (AvgIpc) is 2.59. The second-order valence-corrected chi connectivity index (χ2v) is 3.71. The van der Waals surface area contributed by atoms with E-state index in [9.17, 15) is 4.79 Å². The summed E-state index contributed by atoms with van der Waals surface area (Å²) in [5.74, 6) is -0.580. The SMILES string of the molecule is COCc1c(C(N)=O)nnn1CCN(C)C. The molecule has 7 nitrogen and oxygen atoms in total. The summed E-state index contributed by atoms with van der Waals surface area (Å²) >= 11 is 0. The van der Waals surface area contributed by atoms with Crippen LogP contribution >= 0.6 is 0 Å². The van der Waals surface area contributed by atoms with E-state index in [1.165, 1.54) is 0 Å². The molecule has 0 radical (unpaired) electrons. The highest BCUT2D eigenvalue weighted by Gasteiger charge is 2.16. The van der Waals surface area contributed by atoms with Gasteiger partial charge in [0.05, 0.1) is 18.8 Å². The highest BCUT2D eigenvalue weighted by molar-refractivity contribution is 5.91. The van der Waals surface area contributed by atoms with Crippen LogP contribution in [0.15, 0.2) is 0 Å². The first-order chi connectivity index (χ1) is 7.56. The van der Waals surface area contributed by atoms with Crippen molar-refractivity contribution in [3.8, 4) is 0 Å². The summed E-state index contributed by atoms with van der Waals surface area (Å²) in [5.41, 5.74) is 6.00. The topological polar surface area (TPSA) is 86.3 Å². The van der Waals surface area contributed by atoms with Crippen LogP contribution in [0, 0.1) is 0 Å². The smallest absolute Gasteiger partial charge is 0.271 e. The van der Waals surface area contributed by atoms with Crippen LogP contribution < -0.4 is 5.73 Å². The summed E-state index contributed by atoms with van der Waals surface area (Å²) in [6, 6.07) is 0. The van der Waals surface area contributed by atoms with Crippen molar-refractivity contribution in [3.05, 3.63) is 11.4 Å². The quantitative estimate of drug-likeness (QED) is 0.679. The molecule has 1 amide bonds. The van der Waals surface area contributed by atoms with Gasteiger partial charge in [0.1, 0.15) is 0 Å². The molecule has 0 unspecified atom stereocenters. The van der Waals surface area contributed by atoms with Crippen molar-refractivity contribution in [2.45, 2.75) is 13.2 Å². The van der Waals surface area contributed by atoms with Crippen LogP contribution in [-0.4, -0.2) is 53.6 Å². The van der Waals surface area contributed by atoms with E-state index in [2.05, 4.69) is 10.3 Å². The molecule has 90 valence electrons. The first kappa shape index (κ1) is 12.6. The molecule has 0 aliphatic rings. The Hall–Kier alpha value is -1.47. The Balaban J connectivity index is 2.86. The number of likely N-dealkylation sites (N-methyl/N-ethyl adjacent to an activating group) is 1. The molecule has 2 N–H and O–H groups in total. The van der Waals surface area contributed by atoms with E-state index in [0.717, 1.165) is 6.54 Å². The number of rotatable bonds is 6. The van der Waals surface area contributed by atoms with Crippen LogP contribution in [0.2, 0.25) is 0 Å². The zero-order valence-electron chi connectivity index (χ0n) is 9.80. The van der Waals surface area contributed by atoms with Gasteiger partial charge in [-0.2, -0.15) is 0 Å². The van der Waals surface area contributed by atoms with E-state index in [1.807, 2.05) is 19.0 Å². The van der Waals surface area contributed by atoms with Crippen LogP contribution in [0.3, 0.4) is 0 Å². The molecule has 0 fully saturated rings. The number of ether oxygens (including phenoxy) is 1. The molecule has 7 heteroatoms. The van der Waals surface area contributed by atoms with E-state index >= 15 is 0 Å². The number of amides is 1. The second-order valence-electron chi connectivity index (χ2n) is 3.71. The van der Waals surface area contributed by atoms with Gasteiger partial charge in [-0.05, 0) is 14.1 Å². The molecule has 1 aromatic heterocycles. The normalized spacial score (nSPS) is 11.0. The highest BCUT2D eigenvalue weighted by Crippen LogP contribution is 2.06. The average molecular weight is 227 g/mol. The van der Waals surface area contributed by atoms with Crippen molar-refractivity contribution < 1.29 is 9.53 Å². The highest BCUT2D eigenvalue weighted by atomic mass is 16.5. The Morgan fingerprint density at radius 2 is 2.25 bits per heavy atom. The van der Waals surface area contributed by atoms with E-state index in [0.29, 0.717) is 12.2 Å². The van der Waals surface area contributed by atoms with Gasteiger partial charge in [0.2, 0.25) is 0 Å². The van der Waals surface area contributed by atoms with Crippen molar-refractivity contribution >= 4 is 5.91 Å². The van der Waals surface area contributed by atoms with Crippen molar-refractivity contribution in [2.24, 2.45) is 5.73 Å². The van der Waals surface area contributed by atoms with Crippen LogP contribution in [-0.2, 0) is 17.9 Å². The van der Waals surface area contributed by atoms with Crippen LogP contribution in [0.1, 0.15) is 16.2 Å². The van der Waals surface area contributed by atoms with Gasteiger partial charge in [0.15, 0.2) is 5.69 Å². The lowest BCUT2D eigenvalue weighted by atomic mass is 10.3. The molecule has 0 saturated carbocycles. The minimum absolute atomic E-state index is 0.181. The fourth-order valence-electron chi connectivity index (χ4n) is 1.28. The number of carbonyl (C=O) groups excluding carboxylic acids is 1. The molecule has 1 rings (SSSR count). The molecule has 0 aliphatic heterocycles. The number of aromatic nitrogens is 3. The lowest BCUT2D eigenvalue weighted by Crippen LogP contribution is -2.21. The van der Waals surface area contributed by atoms with Crippen molar-refractivity contribution in [3.63, 3.8) is 0 Å². The van der Waals surface area contributed by atoms with E-state index in [-0.39, 0.29) is 12.3 Å². The molecule has 0 aromatic carbocycles. The molecule has 0 saturated heterocycles. The Morgan fingerprint density at radius 1 is 1.56 bits per heavy atom. The van der Waals surface area contributed by atoms with Gasteiger partial charge in [-0.3, -0.25) is 4.79 Å². The number of nitrogens with zero attached hydrogens (tertiary/aromatic N) is 4. The molecule has 0 atom stereocenters. The minimum Gasteiger partial charge on any atom is -0.378 e. The zero-order chi connectivity index (χ0) is 12.1. The third-order valence-electron chi connectivity index (χ3n) is 2.11. The fourth-order valence-corrected chi connectivity index (χ4v) is 1.28. The van der Waals surface area contributed by atoms with E-state index in [4.69, 9.17) is 10.5 Å². The number of hydrogen-bond acceptors (Lipinski definition) is 5. The summed E-state index contributed by atoms with van der Waals surface area (Å²) < 4.78 is 6.64. The van der Waals surface area contributed by atoms with Gasteiger partial charge in [-0.15, -0.1) is 5.10 Å². The van der Waals surface area contributed by atoms with Gasteiger partial charge in [-0.25, -0.2) is 4.68 Å². The van der Waals surface area contributed by atoms with Crippen molar-refractivity contribution in [1.29, 1.82) is 0 Å². The Labute approximate surface area is 94.2 Å². The number of primary amides is 1. The van der Waals surface area contributed by atoms with Gasteiger partial charge >= 0.3 is 0 Å². The molecule has 16 heavy (non-hydrogen) atoms. The summed E-state index contributed by atoms with van der Waals surface area (Å²) in [7, 11) is 5.47. The maximum absolute atomic E-state index is 11.1. The maximum atomic E-state index is 11.1. The molecule has 0 aliphatic carbocycles. The molecular formula is C9H17N5O2. The largest absolute Gasteiger partial charge is 0.378 e. The van der Waals surface area contributed by atoms with E-state index < -0.39 is 5.91 Å². The Morgan fingerprint density at radius 3 is 2.75 bits per heavy atom. The fraction of sp³-hybridized carbons (Fsp3) is 0.667. The van der Waals surface area contributed by atoms with Gasteiger partial charge in [-0.1, -0.05) is 5.21 Å². The number of hydrogen-bond donors (Lipinski definition) is 1. The predicted octanol–water partition coefficient (Wildman–Crippen LogP) is -0.915. The maximum Gasteiger partial charge on any atom is 0.271 e. The molecule has 0 bridgehead atoms. The molecular weight excluding hydrogens is 210 g/mol. The zero-order valence-corrected chi connectivity index (χ0v) is 9.80. The third kappa shape index (κ3) is 3.01.